The molecule has 0 fully saturated rings. The van der Waals surface area contributed by atoms with E-state index in [0.29, 0.717) is 10.9 Å². The molecule has 0 spiro atoms. The molecule has 0 atom stereocenters. The van der Waals surface area contributed by atoms with Gasteiger partial charge in [-0.25, -0.2) is 8.42 Å². The Kier molecular flexibility index (Phi) is 5.89. The summed E-state index contributed by atoms with van der Waals surface area (Å²) < 4.78 is 28.3. The van der Waals surface area contributed by atoms with E-state index < -0.39 is 9.84 Å². The van der Waals surface area contributed by atoms with Gasteiger partial charge in [-0.05, 0) is 49.6 Å². The topological polar surface area (TPSA) is 68.2 Å². The van der Waals surface area contributed by atoms with Crippen LogP contribution in [0.15, 0.2) is 77.8 Å². The Hall–Kier alpha value is -3.38. The summed E-state index contributed by atoms with van der Waals surface area (Å²) in [5.74, 6) is -0.289. The lowest BCUT2D eigenvalue weighted by atomic mass is 10.1. The number of hydrogen-bond acceptors (Lipinski definition) is 3. The van der Waals surface area contributed by atoms with Crippen LogP contribution in [-0.4, -0.2) is 18.9 Å². The first-order valence-electron chi connectivity index (χ1n) is 10.5. The van der Waals surface area contributed by atoms with Crippen LogP contribution >= 0.6 is 0 Å². The first kappa shape index (κ1) is 21.8. The summed E-state index contributed by atoms with van der Waals surface area (Å²) >= 11 is 0. The van der Waals surface area contributed by atoms with E-state index in [9.17, 15) is 13.2 Å². The van der Waals surface area contributed by atoms with Crippen LogP contribution in [-0.2, 0) is 26.9 Å². The molecule has 0 bridgehead atoms. The van der Waals surface area contributed by atoms with Crippen LogP contribution in [0.2, 0.25) is 0 Å². The first-order valence-corrected chi connectivity index (χ1v) is 12.1. The zero-order chi connectivity index (χ0) is 22.9. The number of carbonyl (C=O) groups is 1. The van der Waals surface area contributed by atoms with Gasteiger partial charge in [-0.15, -0.1) is 0 Å². The molecule has 4 aromatic rings. The summed E-state index contributed by atoms with van der Waals surface area (Å²) in [6.07, 6.45) is 1.58. The Balaban J connectivity index is 1.65. The number of aromatic nitrogens is 1. The van der Waals surface area contributed by atoms with Gasteiger partial charge < -0.3 is 9.88 Å². The molecule has 0 unspecified atom stereocenters. The second-order valence-electron chi connectivity index (χ2n) is 8.19. The number of anilines is 1. The number of aryl methyl sites for hydroxylation is 3. The maximum Gasteiger partial charge on any atom is 0.244 e. The third-order valence-electron chi connectivity index (χ3n) is 5.66. The number of fused-ring (bicyclic) bond motifs is 1. The lowest BCUT2D eigenvalue weighted by Crippen LogP contribution is -2.19. The Morgan fingerprint density at radius 3 is 2.38 bits per heavy atom. The normalized spacial score (nSPS) is 11.6. The summed E-state index contributed by atoms with van der Waals surface area (Å²) in [4.78, 5) is 13.0. The van der Waals surface area contributed by atoms with E-state index >= 15 is 0 Å². The van der Waals surface area contributed by atoms with Crippen molar-refractivity contribution in [3.8, 4) is 0 Å². The molecule has 32 heavy (non-hydrogen) atoms. The van der Waals surface area contributed by atoms with Gasteiger partial charge in [0.2, 0.25) is 5.91 Å². The number of sulfone groups is 1. The van der Waals surface area contributed by atoms with Gasteiger partial charge in [-0.3, -0.25) is 4.79 Å². The Morgan fingerprint density at radius 2 is 1.62 bits per heavy atom. The van der Waals surface area contributed by atoms with E-state index in [1.54, 1.807) is 16.8 Å². The molecule has 0 aliphatic rings. The van der Waals surface area contributed by atoms with Gasteiger partial charge in [0.15, 0.2) is 9.84 Å². The number of nitrogens with zero attached hydrogens (tertiary/aromatic N) is 1. The number of carbonyl (C=O) groups excluding carboxylic acids is 1. The fraction of sp³-hybridized carbons (Fsp3) is 0.192. The molecule has 5 nitrogen and oxygen atoms in total. The highest BCUT2D eigenvalue weighted by Crippen LogP contribution is 2.29. The van der Waals surface area contributed by atoms with Gasteiger partial charge >= 0.3 is 0 Å². The molecule has 4 rings (SSSR count). The van der Waals surface area contributed by atoms with Crippen molar-refractivity contribution in [2.45, 2.75) is 38.0 Å². The summed E-state index contributed by atoms with van der Waals surface area (Å²) in [6, 6.07) is 20.6. The SMILES string of the molecule is Cc1ccc(NC(=O)Cn2cc(S(=O)(=O)Cc3ccccc3C)c3ccccc32)c(C)c1. The summed E-state index contributed by atoms with van der Waals surface area (Å²) in [5, 5.41) is 3.56. The van der Waals surface area contributed by atoms with Gasteiger partial charge in [-0.1, -0.05) is 60.2 Å². The average molecular weight is 447 g/mol. The van der Waals surface area contributed by atoms with Crippen LogP contribution in [0, 0.1) is 20.8 Å². The number of rotatable bonds is 6. The van der Waals surface area contributed by atoms with E-state index in [1.165, 1.54) is 0 Å². The van der Waals surface area contributed by atoms with E-state index in [4.69, 9.17) is 0 Å². The standard InChI is InChI=1S/C26H26N2O3S/c1-18-12-13-23(20(3)14-18)27-26(29)16-28-15-25(22-10-6-7-11-24(22)28)32(30,31)17-21-9-5-4-8-19(21)2/h4-15H,16-17H2,1-3H3,(H,27,29). The van der Waals surface area contributed by atoms with E-state index in [1.807, 2.05) is 81.4 Å². The van der Waals surface area contributed by atoms with E-state index in [2.05, 4.69) is 5.32 Å². The monoisotopic (exact) mass is 446 g/mol. The zero-order valence-corrected chi connectivity index (χ0v) is 19.2. The number of hydrogen-bond donors (Lipinski definition) is 1. The maximum absolute atomic E-state index is 13.3. The van der Waals surface area contributed by atoms with Crippen molar-refractivity contribution in [1.82, 2.24) is 4.57 Å². The molecule has 0 saturated carbocycles. The lowest BCUT2D eigenvalue weighted by Gasteiger charge is -2.10. The van der Waals surface area contributed by atoms with Gasteiger partial charge in [0.25, 0.3) is 0 Å². The van der Waals surface area contributed by atoms with Crippen molar-refractivity contribution in [3.05, 3.63) is 95.2 Å². The summed E-state index contributed by atoms with van der Waals surface area (Å²) in [7, 11) is -3.60. The van der Waals surface area contributed by atoms with Crippen LogP contribution in [0.3, 0.4) is 0 Å². The van der Waals surface area contributed by atoms with Crippen molar-refractivity contribution in [2.75, 3.05) is 5.32 Å². The predicted octanol–water partition coefficient (Wildman–Crippen LogP) is 5.18. The van der Waals surface area contributed by atoms with Crippen molar-refractivity contribution in [3.63, 3.8) is 0 Å². The highest BCUT2D eigenvalue weighted by atomic mass is 32.2. The molecular formula is C26H26N2O3S. The number of benzene rings is 3. The average Bonchev–Trinajstić information content (AvgIpc) is 3.11. The highest BCUT2D eigenvalue weighted by Gasteiger charge is 2.23. The molecule has 3 aromatic carbocycles. The van der Waals surface area contributed by atoms with E-state index in [0.717, 1.165) is 27.9 Å². The molecule has 0 saturated heterocycles. The summed E-state index contributed by atoms with van der Waals surface area (Å²) in [6.45, 7) is 5.88. The molecule has 6 heteroatoms. The minimum atomic E-state index is -3.60. The fourth-order valence-electron chi connectivity index (χ4n) is 3.94. The minimum Gasteiger partial charge on any atom is -0.337 e. The lowest BCUT2D eigenvalue weighted by molar-refractivity contribution is -0.116. The zero-order valence-electron chi connectivity index (χ0n) is 18.4. The largest absolute Gasteiger partial charge is 0.337 e. The van der Waals surface area contributed by atoms with Crippen molar-refractivity contribution >= 4 is 32.3 Å². The first-order chi connectivity index (χ1) is 15.2. The quantitative estimate of drug-likeness (QED) is 0.444. The third kappa shape index (κ3) is 4.46. The molecule has 0 aliphatic heterocycles. The predicted molar refractivity (Wildman–Crippen MR) is 129 cm³/mol. The molecular weight excluding hydrogens is 420 g/mol. The molecule has 0 aliphatic carbocycles. The summed E-state index contributed by atoms with van der Waals surface area (Å²) in [5.41, 5.74) is 5.29. The minimum absolute atomic E-state index is 0.0215. The molecule has 164 valence electrons. The van der Waals surface area contributed by atoms with Gasteiger partial charge in [-0.2, -0.15) is 0 Å². The molecule has 0 radical (unpaired) electrons. The van der Waals surface area contributed by atoms with Crippen molar-refractivity contribution < 1.29 is 13.2 Å². The van der Waals surface area contributed by atoms with Gasteiger partial charge in [0.05, 0.1) is 10.6 Å². The van der Waals surface area contributed by atoms with Crippen molar-refractivity contribution in [2.24, 2.45) is 0 Å². The number of para-hydroxylation sites is 1. The van der Waals surface area contributed by atoms with E-state index in [-0.39, 0.29) is 23.1 Å². The number of amides is 1. The van der Waals surface area contributed by atoms with Gasteiger partial charge in [0.1, 0.15) is 6.54 Å². The second kappa shape index (κ2) is 8.63. The van der Waals surface area contributed by atoms with Crippen LogP contribution in [0.5, 0.6) is 0 Å². The second-order valence-corrected chi connectivity index (χ2v) is 10.1. The molecule has 1 heterocycles. The van der Waals surface area contributed by atoms with Gasteiger partial charge in [0, 0.05) is 22.8 Å². The van der Waals surface area contributed by atoms with Crippen LogP contribution < -0.4 is 5.32 Å². The van der Waals surface area contributed by atoms with Crippen LogP contribution in [0.4, 0.5) is 5.69 Å². The Morgan fingerprint density at radius 1 is 0.906 bits per heavy atom. The molecule has 1 aromatic heterocycles. The van der Waals surface area contributed by atoms with Crippen LogP contribution in [0.1, 0.15) is 22.3 Å². The molecule has 1 amide bonds. The van der Waals surface area contributed by atoms with Crippen molar-refractivity contribution in [1.29, 1.82) is 0 Å². The Labute approximate surface area is 188 Å². The molecule has 1 N–H and O–H groups in total. The van der Waals surface area contributed by atoms with Crippen LogP contribution in [0.25, 0.3) is 10.9 Å². The Bertz CT molecular complexity index is 1420. The fourth-order valence-corrected chi connectivity index (χ4v) is 5.63. The maximum atomic E-state index is 13.3. The smallest absolute Gasteiger partial charge is 0.244 e. The third-order valence-corrected chi connectivity index (χ3v) is 7.35. The number of nitrogens with one attached hydrogen (secondary N) is 1. The highest BCUT2D eigenvalue weighted by molar-refractivity contribution is 7.90.